The van der Waals surface area contributed by atoms with Gasteiger partial charge in [0.15, 0.2) is 0 Å². The molecule has 174 valence electrons. The summed E-state index contributed by atoms with van der Waals surface area (Å²) in [5.74, 6) is -0.0563. The Hall–Kier alpha value is -1.92. The van der Waals surface area contributed by atoms with Gasteiger partial charge in [0, 0.05) is 31.6 Å². The van der Waals surface area contributed by atoms with Gasteiger partial charge in [-0.05, 0) is 58.4 Å². The minimum atomic E-state index is -0.545. The molecule has 1 aromatic rings. The lowest BCUT2D eigenvalue weighted by molar-refractivity contribution is -0.161. The molecule has 1 aliphatic heterocycles. The van der Waals surface area contributed by atoms with E-state index < -0.39 is 5.60 Å². The summed E-state index contributed by atoms with van der Waals surface area (Å²) in [4.78, 5) is 27.2. The predicted molar refractivity (Wildman–Crippen MR) is 125 cm³/mol. The Bertz CT molecular complexity index is 716. The summed E-state index contributed by atoms with van der Waals surface area (Å²) < 4.78 is 5.76. The van der Waals surface area contributed by atoms with Crippen LogP contribution in [0.2, 0.25) is 0 Å². The third-order valence-electron chi connectivity index (χ3n) is 5.95. The molecule has 3 unspecified atom stereocenters. The molecule has 1 heterocycles. The quantitative estimate of drug-likeness (QED) is 0.586. The summed E-state index contributed by atoms with van der Waals surface area (Å²) in [5.41, 5.74) is 7.03. The lowest BCUT2D eigenvalue weighted by Gasteiger charge is -2.41. The first kappa shape index (κ1) is 25.3. The minimum Gasteiger partial charge on any atom is -0.459 e. The molecule has 6 nitrogen and oxygen atoms in total. The Morgan fingerprint density at radius 3 is 2.45 bits per heavy atom. The number of nitrogens with two attached hydrogens (primary N) is 1. The van der Waals surface area contributed by atoms with Crippen LogP contribution in [-0.2, 0) is 20.7 Å². The highest BCUT2D eigenvalue weighted by molar-refractivity contribution is 5.77. The molecule has 6 heteroatoms. The number of hydrogen-bond acceptors (Lipinski definition) is 5. The van der Waals surface area contributed by atoms with Gasteiger partial charge in [-0.15, -0.1) is 0 Å². The molecule has 1 fully saturated rings. The van der Waals surface area contributed by atoms with E-state index in [-0.39, 0.29) is 42.0 Å². The predicted octanol–water partition coefficient (Wildman–Crippen LogP) is 3.28. The van der Waals surface area contributed by atoms with Crippen LogP contribution in [0.25, 0.3) is 0 Å². The normalized spacial score (nSPS) is 22.5. The highest BCUT2D eigenvalue weighted by Crippen LogP contribution is 2.31. The highest BCUT2D eigenvalue weighted by atomic mass is 16.6. The van der Waals surface area contributed by atoms with Crippen molar-refractivity contribution in [1.29, 1.82) is 0 Å². The van der Waals surface area contributed by atoms with Crippen LogP contribution >= 0.6 is 0 Å². The fourth-order valence-electron chi connectivity index (χ4n) is 4.77. The standard InChI is InChI=1S/C25H41N3O3/c1-7-11-21(17(2)27-18(3)29)22(14-19-12-9-8-10-13-19)28-16-20(26)15-23(28)24(30)31-25(4,5)6/h8-10,12-13,17,20-23H,7,11,14-16,26H2,1-6H3,(H,27,29)/t17?,20?,21-,22-,23?/m0/s1. The topological polar surface area (TPSA) is 84.7 Å². The highest BCUT2D eigenvalue weighted by Gasteiger charge is 2.44. The fraction of sp³-hybridized carbons (Fsp3) is 0.680. The van der Waals surface area contributed by atoms with Gasteiger partial charge in [0.1, 0.15) is 11.6 Å². The average Bonchev–Trinajstić information content (AvgIpc) is 3.05. The molecule has 1 saturated heterocycles. The Kier molecular flexibility index (Phi) is 9.07. The molecule has 0 radical (unpaired) electrons. The Balaban J connectivity index is 2.40. The van der Waals surface area contributed by atoms with E-state index in [0.29, 0.717) is 13.0 Å². The van der Waals surface area contributed by atoms with Crippen molar-refractivity contribution in [3.8, 4) is 0 Å². The first-order valence-electron chi connectivity index (χ1n) is 11.6. The average molecular weight is 432 g/mol. The molecule has 5 atom stereocenters. The fourth-order valence-corrected chi connectivity index (χ4v) is 4.77. The van der Waals surface area contributed by atoms with Crippen LogP contribution in [0.5, 0.6) is 0 Å². The number of rotatable bonds is 9. The number of esters is 1. The summed E-state index contributed by atoms with van der Waals surface area (Å²) in [6.45, 7) is 12.1. The van der Waals surface area contributed by atoms with Crippen LogP contribution in [0, 0.1) is 5.92 Å². The van der Waals surface area contributed by atoms with E-state index >= 15 is 0 Å². The molecule has 1 aliphatic rings. The number of hydrogen-bond donors (Lipinski definition) is 2. The van der Waals surface area contributed by atoms with Crippen LogP contribution in [0.3, 0.4) is 0 Å². The van der Waals surface area contributed by atoms with Gasteiger partial charge >= 0.3 is 5.97 Å². The van der Waals surface area contributed by atoms with Gasteiger partial charge in [-0.1, -0.05) is 43.7 Å². The zero-order valence-electron chi connectivity index (χ0n) is 20.1. The van der Waals surface area contributed by atoms with Crippen LogP contribution in [0.1, 0.15) is 66.4 Å². The number of benzene rings is 1. The summed E-state index contributed by atoms with van der Waals surface area (Å²) in [7, 11) is 0. The van der Waals surface area contributed by atoms with E-state index in [1.165, 1.54) is 5.56 Å². The van der Waals surface area contributed by atoms with Crippen molar-refractivity contribution in [3.63, 3.8) is 0 Å². The molecule has 0 aliphatic carbocycles. The molecule has 0 bridgehead atoms. The number of ether oxygens (including phenoxy) is 1. The van der Waals surface area contributed by atoms with Crippen molar-refractivity contribution in [2.75, 3.05) is 6.54 Å². The zero-order chi connectivity index (χ0) is 23.2. The van der Waals surface area contributed by atoms with Crippen LogP contribution in [0.4, 0.5) is 0 Å². The number of likely N-dealkylation sites (tertiary alicyclic amines) is 1. The Morgan fingerprint density at radius 1 is 1.26 bits per heavy atom. The van der Waals surface area contributed by atoms with Crippen molar-refractivity contribution in [2.45, 2.75) is 97.0 Å². The zero-order valence-corrected chi connectivity index (χ0v) is 20.1. The first-order valence-corrected chi connectivity index (χ1v) is 11.6. The smallest absolute Gasteiger partial charge is 0.323 e. The van der Waals surface area contributed by atoms with Gasteiger partial charge in [-0.3, -0.25) is 14.5 Å². The number of nitrogens with zero attached hydrogens (tertiary/aromatic N) is 1. The number of carbonyl (C=O) groups is 2. The van der Waals surface area contributed by atoms with Crippen molar-refractivity contribution in [3.05, 3.63) is 35.9 Å². The second-order valence-electron chi connectivity index (χ2n) is 9.94. The van der Waals surface area contributed by atoms with E-state index in [2.05, 4.69) is 36.2 Å². The van der Waals surface area contributed by atoms with Crippen LogP contribution < -0.4 is 11.1 Å². The SMILES string of the molecule is CCC[C@@H](C(C)NC(C)=O)[C@H](Cc1ccccc1)N1CC(N)CC1C(=O)OC(C)(C)C. The maximum absolute atomic E-state index is 13.1. The van der Waals surface area contributed by atoms with Crippen molar-refractivity contribution in [2.24, 2.45) is 11.7 Å². The lowest BCUT2D eigenvalue weighted by atomic mass is 9.83. The van der Waals surface area contributed by atoms with E-state index in [4.69, 9.17) is 10.5 Å². The molecule has 1 aromatic carbocycles. The summed E-state index contributed by atoms with van der Waals surface area (Å²) in [6, 6.07) is 9.95. The molecule has 3 N–H and O–H groups in total. The molecule has 1 amide bonds. The van der Waals surface area contributed by atoms with Gasteiger partial charge in [-0.25, -0.2) is 0 Å². The number of carbonyl (C=O) groups excluding carboxylic acids is 2. The van der Waals surface area contributed by atoms with Crippen molar-refractivity contribution >= 4 is 11.9 Å². The second-order valence-corrected chi connectivity index (χ2v) is 9.94. The van der Waals surface area contributed by atoms with Gasteiger partial charge in [0.2, 0.25) is 5.91 Å². The second kappa shape index (κ2) is 11.1. The van der Waals surface area contributed by atoms with Crippen LogP contribution in [0.15, 0.2) is 30.3 Å². The lowest BCUT2D eigenvalue weighted by Crippen LogP contribution is -2.54. The molecule has 0 aromatic heterocycles. The van der Waals surface area contributed by atoms with Gasteiger partial charge in [-0.2, -0.15) is 0 Å². The van der Waals surface area contributed by atoms with E-state index in [9.17, 15) is 9.59 Å². The Labute approximate surface area is 187 Å². The maximum atomic E-state index is 13.1. The summed E-state index contributed by atoms with van der Waals surface area (Å²) >= 11 is 0. The van der Waals surface area contributed by atoms with Gasteiger partial charge < -0.3 is 15.8 Å². The molecular formula is C25H41N3O3. The summed E-state index contributed by atoms with van der Waals surface area (Å²) in [6.07, 6.45) is 3.33. The van der Waals surface area contributed by atoms with Gasteiger partial charge in [0.05, 0.1) is 0 Å². The molecule has 0 spiro atoms. The number of nitrogens with one attached hydrogen (secondary N) is 1. The third kappa shape index (κ3) is 7.62. The monoisotopic (exact) mass is 431 g/mol. The molecule has 0 saturated carbocycles. The Morgan fingerprint density at radius 2 is 1.90 bits per heavy atom. The molecule has 2 rings (SSSR count). The van der Waals surface area contributed by atoms with Crippen LogP contribution in [-0.4, -0.2) is 53.1 Å². The third-order valence-corrected chi connectivity index (χ3v) is 5.95. The van der Waals surface area contributed by atoms with E-state index in [1.807, 2.05) is 39.0 Å². The largest absolute Gasteiger partial charge is 0.459 e. The minimum absolute atomic E-state index is 0.0118. The van der Waals surface area contributed by atoms with E-state index in [1.54, 1.807) is 6.92 Å². The van der Waals surface area contributed by atoms with Crippen molar-refractivity contribution in [1.82, 2.24) is 10.2 Å². The molecular weight excluding hydrogens is 390 g/mol. The van der Waals surface area contributed by atoms with Gasteiger partial charge in [0.25, 0.3) is 0 Å². The first-order chi connectivity index (χ1) is 14.5. The van der Waals surface area contributed by atoms with Crippen molar-refractivity contribution < 1.29 is 14.3 Å². The van der Waals surface area contributed by atoms with E-state index in [0.717, 1.165) is 19.3 Å². The number of amides is 1. The molecule has 31 heavy (non-hydrogen) atoms. The summed E-state index contributed by atoms with van der Waals surface area (Å²) in [5, 5.41) is 3.10. The maximum Gasteiger partial charge on any atom is 0.323 e.